The largest absolute Gasteiger partial charge is 0.478 e. The third kappa shape index (κ3) is 12.2. The molecule has 19 nitrogen and oxygen atoms in total. The number of nitrogens with two attached hydrogens (primary N) is 1. The molecule has 0 aromatic carbocycles. The van der Waals surface area contributed by atoms with Gasteiger partial charge < -0.3 is 75.4 Å². The molecule has 0 radical (unpaired) electrons. The molecule has 10 unspecified atom stereocenters. The van der Waals surface area contributed by atoms with E-state index in [9.17, 15) is 45.3 Å². The molecule has 10 atom stereocenters. The van der Waals surface area contributed by atoms with Crippen LogP contribution < -0.4 is 16.4 Å². The molecule has 2 saturated carbocycles. The average molecular weight is 926 g/mol. The minimum absolute atomic E-state index is 0.0773. The fourth-order valence-electron chi connectivity index (χ4n) is 8.70. The lowest BCUT2D eigenvalue weighted by Crippen LogP contribution is -2.69. The van der Waals surface area contributed by atoms with Crippen LogP contribution in [0.4, 0.5) is 0 Å². The van der Waals surface area contributed by atoms with Crippen LogP contribution in [0, 0.1) is 17.8 Å². The van der Waals surface area contributed by atoms with Gasteiger partial charge in [-0.25, -0.2) is 9.59 Å². The van der Waals surface area contributed by atoms with Gasteiger partial charge >= 0.3 is 11.9 Å². The number of allylic oxidation sites excluding steroid dienone is 2. The summed E-state index contributed by atoms with van der Waals surface area (Å²) in [7, 11) is 4.74. The topological polar surface area (TPSA) is 288 Å². The van der Waals surface area contributed by atoms with Gasteiger partial charge in [0.05, 0.1) is 55.0 Å². The standard InChI is InChI=1S/C42H63N5O14S2/c1-44-23-58-36-40(60-33(19-50)35(51)42(36,55)56)61-39-29(15-24-7-3-2-4-8-24)28-12-11-25-16-47(17-30(37(52)53)34(25)46-41(43)45-13-6-14-48)27(18-49)22-63-62-21-26-9-5-10-32(26)59-38(54)31(28)20-57-39/h11-12,15,17,20,26-29,32-33,35-36,39-40,44,48-51,55-56H,2-10,13-14,16,18-19,21-23H2,1H3,(H,52,53)(H3,43,45,46). The second-order valence-electron chi connectivity index (χ2n) is 16.5. The number of nitrogens with one attached hydrogen (secondary N) is 2. The second kappa shape index (κ2) is 23.3. The highest BCUT2D eigenvalue weighted by molar-refractivity contribution is 8.76. The summed E-state index contributed by atoms with van der Waals surface area (Å²) >= 11 is 0. The van der Waals surface area contributed by atoms with Gasteiger partial charge in [0, 0.05) is 49.2 Å². The van der Waals surface area contributed by atoms with Crippen molar-refractivity contribution < 1.29 is 69.0 Å². The fraction of sp³-hybridized carbons (Fsp3) is 0.690. The summed E-state index contributed by atoms with van der Waals surface area (Å²) in [6, 6.07) is -0.470. The third-order valence-electron chi connectivity index (χ3n) is 12.2. The van der Waals surface area contributed by atoms with Gasteiger partial charge in [-0.2, -0.15) is 0 Å². The number of fused-ring (bicyclic) bond motifs is 4. The Kier molecular flexibility index (Phi) is 18.2. The maximum Gasteiger partial charge on any atom is 0.339 e. The number of esters is 1. The van der Waals surface area contributed by atoms with Crippen molar-refractivity contribution in [3.8, 4) is 0 Å². The Bertz CT molecular complexity index is 1770. The van der Waals surface area contributed by atoms with Crippen LogP contribution in [0.1, 0.15) is 57.8 Å². The van der Waals surface area contributed by atoms with Crippen LogP contribution in [0.25, 0.3) is 0 Å². The zero-order chi connectivity index (χ0) is 45.1. The Hall–Kier alpha value is -3.19. The summed E-state index contributed by atoms with van der Waals surface area (Å²) in [5.41, 5.74) is 7.96. The molecule has 21 heteroatoms. The monoisotopic (exact) mass is 925 g/mol. The molecule has 63 heavy (non-hydrogen) atoms. The minimum Gasteiger partial charge on any atom is -0.478 e. The van der Waals surface area contributed by atoms with Crippen molar-refractivity contribution in [1.82, 2.24) is 15.5 Å². The fourth-order valence-corrected chi connectivity index (χ4v) is 11.5. The van der Waals surface area contributed by atoms with Crippen LogP contribution in [0.15, 0.2) is 63.7 Å². The Morgan fingerprint density at radius 1 is 1.10 bits per heavy atom. The first kappa shape index (κ1) is 49.2. The van der Waals surface area contributed by atoms with Crippen molar-refractivity contribution in [2.24, 2.45) is 28.5 Å². The van der Waals surface area contributed by atoms with E-state index in [-0.39, 0.29) is 67.9 Å². The Morgan fingerprint density at radius 2 is 1.87 bits per heavy atom. The Labute approximate surface area is 374 Å². The van der Waals surface area contributed by atoms with Crippen molar-refractivity contribution in [3.05, 3.63) is 58.7 Å². The Balaban J connectivity index is 1.49. The number of ether oxygens (including phenoxy) is 5. The zero-order valence-corrected chi connectivity index (χ0v) is 37.1. The van der Waals surface area contributed by atoms with Crippen molar-refractivity contribution in [3.63, 3.8) is 0 Å². The van der Waals surface area contributed by atoms with Crippen molar-refractivity contribution in [2.75, 3.05) is 58.2 Å². The summed E-state index contributed by atoms with van der Waals surface area (Å²) in [6.45, 7) is -1.05. The molecule has 3 fully saturated rings. The van der Waals surface area contributed by atoms with Gasteiger partial charge in [0.2, 0.25) is 12.1 Å². The predicted octanol–water partition coefficient (Wildman–Crippen LogP) is 0.536. The van der Waals surface area contributed by atoms with E-state index in [2.05, 4.69) is 15.6 Å². The number of carbonyl (C=O) groups is 2. The smallest absolute Gasteiger partial charge is 0.339 e. The number of aliphatic hydroxyl groups is 6. The van der Waals surface area contributed by atoms with E-state index < -0.39 is 73.1 Å². The zero-order valence-electron chi connectivity index (χ0n) is 35.5. The normalized spacial score (nSPS) is 33.1. The van der Waals surface area contributed by atoms with E-state index in [1.165, 1.54) is 12.5 Å². The van der Waals surface area contributed by atoms with E-state index in [4.69, 9.17) is 29.4 Å². The van der Waals surface area contributed by atoms with E-state index in [0.717, 1.165) is 50.5 Å². The first-order valence-corrected chi connectivity index (χ1v) is 24.1. The third-order valence-corrected chi connectivity index (χ3v) is 14.7. The minimum atomic E-state index is -2.94. The van der Waals surface area contributed by atoms with Crippen LogP contribution in [0.5, 0.6) is 0 Å². The maximum absolute atomic E-state index is 14.5. The second-order valence-corrected chi connectivity index (χ2v) is 19.1. The number of nitrogens with zero attached hydrogens (tertiary/aromatic N) is 2. The van der Waals surface area contributed by atoms with Crippen molar-refractivity contribution in [1.29, 1.82) is 0 Å². The molecule has 0 aromatic rings. The number of carboxylic acid groups (broad SMARTS) is 1. The molecule has 0 aromatic heterocycles. The number of hydrogen-bond acceptors (Lipinski definition) is 18. The molecule has 4 heterocycles. The van der Waals surface area contributed by atoms with E-state index in [1.807, 2.05) is 6.08 Å². The Morgan fingerprint density at radius 3 is 2.59 bits per heavy atom. The van der Waals surface area contributed by atoms with Crippen LogP contribution in [0.3, 0.4) is 0 Å². The van der Waals surface area contributed by atoms with Crippen LogP contribution >= 0.6 is 21.6 Å². The lowest BCUT2D eigenvalue weighted by atomic mass is 9.80. The number of guanidine groups is 1. The van der Waals surface area contributed by atoms with Gasteiger partial charge in [0.1, 0.15) is 18.3 Å². The molecular formula is C42H63N5O14S2. The maximum atomic E-state index is 14.5. The molecule has 0 amide bonds. The molecule has 11 N–H and O–H groups in total. The summed E-state index contributed by atoms with van der Waals surface area (Å²) in [6.07, 6.45) is 7.00. The average Bonchev–Trinajstić information content (AvgIpc) is 3.71. The number of carbonyl (C=O) groups excluding carboxylic acids is 1. The van der Waals surface area contributed by atoms with Gasteiger partial charge in [-0.1, -0.05) is 51.8 Å². The molecule has 2 bridgehead atoms. The number of hydrogen-bond donors (Lipinski definition) is 10. The van der Waals surface area contributed by atoms with Gasteiger partial charge in [0.15, 0.2) is 18.4 Å². The van der Waals surface area contributed by atoms with E-state index in [0.29, 0.717) is 29.9 Å². The molecule has 0 spiro atoms. The summed E-state index contributed by atoms with van der Waals surface area (Å²) < 4.78 is 30.7. The highest BCUT2D eigenvalue weighted by Crippen LogP contribution is 2.42. The van der Waals surface area contributed by atoms with Crippen LogP contribution in [0.2, 0.25) is 0 Å². The van der Waals surface area contributed by atoms with Crippen LogP contribution in [-0.4, -0.2) is 166 Å². The molecule has 2 aliphatic carbocycles. The molecule has 1 saturated heterocycles. The quantitative estimate of drug-likeness (QED) is 0.0229. The summed E-state index contributed by atoms with van der Waals surface area (Å²) in [5.74, 6) is -5.32. The lowest BCUT2D eigenvalue weighted by Gasteiger charge is -2.47. The SMILES string of the molecule is CNCOC1C(OC2OC=C3C(=O)OC4CCCC4CSSCC(CO)N4C=C(C(=O)O)C(NC(N)=NCCCO)=C(C=CC3C2C=C2CCCCC2)C4)OC(CO)C(O)C1(O)O. The lowest BCUT2D eigenvalue weighted by molar-refractivity contribution is -0.410. The highest BCUT2D eigenvalue weighted by Gasteiger charge is 2.57. The van der Waals surface area contributed by atoms with Gasteiger partial charge in [-0.05, 0) is 64.0 Å². The molecule has 352 valence electrons. The van der Waals surface area contributed by atoms with Gasteiger partial charge in [-0.15, -0.1) is 0 Å². The first-order valence-electron chi connectivity index (χ1n) is 21.6. The van der Waals surface area contributed by atoms with Gasteiger partial charge in [0.25, 0.3) is 0 Å². The van der Waals surface area contributed by atoms with Crippen LogP contribution in [-0.2, 0) is 33.3 Å². The number of rotatable bonds is 13. The number of aliphatic carboxylic acids is 1. The van der Waals surface area contributed by atoms with Gasteiger partial charge in [-0.3, -0.25) is 10.3 Å². The van der Waals surface area contributed by atoms with Crippen molar-refractivity contribution >= 4 is 39.5 Å². The number of aliphatic hydroxyl groups excluding tert-OH is 4. The van der Waals surface area contributed by atoms with Crippen molar-refractivity contribution in [2.45, 2.75) is 107 Å². The highest BCUT2D eigenvalue weighted by atomic mass is 33.1. The molecule has 6 rings (SSSR count). The van der Waals surface area contributed by atoms with E-state index >= 15 is 0 Å². The number of carboxylic acids is 1. The number of aliphatic imine (C=N–C) groups is 1. The summed E-state index contributed by atoms with van der Waals surface area (Å²) in [5, 5.41) is 79.5. The predicted molar refractivity (Wildman–Crippen MR) is 233 cm³/mol. The summed E-state index contributed by atoms with van der Waals surface area (Å²) in [4.78, 5) is 33.5. The molecule has 6 aliphatic rings. The van der Waals surface area contributed by atoms with E-state index in [1.54, 1.807) is 45.7 Å². The first-order chi connectivity index (χ1) is 30.4. The molecule has 4 aliphatic heterocycles. The molecular weight excluding hydrogens is 863 g/mol.